The molecule has 11 heteroatoms. The summed E-state index contributed by atoms with van der Waals surface area (Å²) in [6.45, 7) is 0. The van der Waals surface area contributed by atoms with Crippen molar-refractivity contribution >= 4 is 28.3 Å². The number of carbonyl (C=O) groups is 2. The molecule has 0 radical (unpaired) electrons. The van der Waals surface area contributed by atoms with Crippen molar-refractivity contribution in [2.24, 2.45) is 11.8 Å². The molecule has 2 aliphatic heterocycles. The van der Waals surface area contributed by atoms with Crippen molar-refractivity contribution in [1.29, 1.82) is 0 Å². The topological polar surface area (TPSA) is 69.6 Å². The first-order valence-corrected chi connectivity index (χ1v) is 13.4. The molecule has 3 fully saturated rings. The maximum atomic E-state index is 14.2. The molecule has 2 saturated heterocycles. The highest BCUT2D eigenvalue weighted by molar-refractivity contribution is 6.01. The molecule has 212 valence electrons. The summed E-state index contributed by atoms with van der Waals surface area (Å²) in [5, 5.41) is 12.4. The van der Waals surface area contributed by atoms with Crippen LogP contribution in [-0.2, 0) is 11.0 Å². The average molecular weight is 557 g/mol. The van der Waals surface area contributed by atoms with Crippen molar-refractivity contribution in [2.45, 2.75) is 88.3 Å². The minimum absolute atomic E-state index is 0.0993. The number of halogens is 6. The van der Waals surface area contributed by atoms with Crippen LogP contribution in [0.2, 0.25) is 0 Å². The van der Waals surface area contributed by atoms with Crippen LogP contribution in [0.3, 0.4) is 0 Å². The van der Waals surface area contributed by atoms with Gasteiger partial charge in [-0.05, 0) is 86.8 Å². The van der Waals surface area contributed by atoms with E-state index in [1.807, 2.05) is 0 Å². The Hall–Kier alpha value is -2.98. The molecule has 39 heavy (non-hydrogen) atoms. The quantitative estimate of drug-likeness (QED) is 0.390. The molecule has 2 unspecified atom stereocenters. The molecule has 1 aliphatic carbocycles. The van der Waals surface area contributed by atoms with Gasteiger partial charge >= 0.3 is 18.3 Å². The van der Waals surface area contributed by atoms with E-state index in [2.05, 4.69) is 5.32 Å². The zero-order valence-electron chi connectivity index (χ0n) is 21.1. The van der Waals surface area contributed by atoms with Crippen LogP contribution in [0.1, 0.15) is 73.7 Å². The number of carboxylic acid groups (broad SMARTS) is 1. The highest BCUT2D eigenvalue weighted by atomic mass is 19.4. The zero-order chi connectivity index (χ0) is 28.1. The molecule has 0 spiro atoms. The smallest absolute Gasteiger partial charge is 0.418 e. The number of carbonyl (C=O) groups excluding carboxylic acids is 1. The molecular formula is C28H30F6N2O3. The first kappa shape index (κ1) is 27.6. The average Bonchev–Trinajstić information content (AvgIpc) is 2.86. The maximum Gasteiger partial charge on any atom is 0.418 e. The fraction of sp³-hybridized carbons (Fsp3) is 0.571. The number of nitrogens with zero attached hydrogens (tertiary/aromatic N) is 1. The van der Waals surface area contributed by atoms with Gasteiger partial charge < -0.3 is 15.3 Å². The van der Waals surface area contributed by atoms with Gasteiger partial charge in [-0.3, -0.25) is 9.59 Å². The van der Waals surface area contributed by atoms with Crippen LogP contribution in [0.25, 0.3) is 10.8 Å². The standard InChI is InChI=1S/C28H30F6N2O3/c29-27(30,31)18-6-8-19(9-7-18)35-23-11-5-15-12-16(4-10-22(15)24(23)28(32,33)34)25(37)36-20-2-1-3-21(36)14-17(13-20)26(38)39/h4-5,10-12,17-21,35H,1-3,6-9,13-14H2,(H,38,39)/t17?,18-,19+,20?,21?. The first-order chi connectivity index (χ1) is 18.3. The predicted octanol–water partition coefficient (Wildman–Crippen LogP) is 7.25. The molecule has 2 bridgehead atoms. The number of piperidine rings is 2. The number of benzene rings is 2. The second-order valence-electron chi connectivity index (χ2n) is 11.1. The summed E-state index contributed by atoms with van der Waals surface area (Å²) in [6.07, 6.45) is -6.05. The number of hydrogen-bond acceptors (Lipinski definition) is 3. The lowest BCUT2D eigenvalue weighted by Gasteiger charge is -2.48. The van der Waals surface area contributed by atoms with Gasteiger partial charge in [0.25, 0.3) is 5.91 Å². The third kappa shape index (κ3) is 5.54. The molecule has 2 atom stereocenters. The number of alkyl halides is 6. The van der Waals surface area contributed by atoms with Crippen LogP contribution in [0, 0.1) is 11.8 Å². The van der Waals surface area contributed by atoms with E-state index in [0.717, 1.165) is 6.42 Å². The van der Waals surface area contributed by atoms with Crippen LogP contribution >= 0.6 is 0 Å². The van der Waals surface area contributed by atoms with Crippen LogP contribution in [-0.4, -0.2) is 46.2 Å². The number of nitrogens with one attached hydrogen (secondary N) is 1. The van der Waals surface area contributed by atoms with Crippen molar-refractivity contribution in [3.63, 3.8) is 0 Å². The van der Waals surface area contributed by atoms with Gasteiger partial charge in [-0.2, -0.15) is 26.3 Å². The van der Waals surface area contributed by atoms with Crippen molar-refractivity contribution in [3.8, 4) is 0 Å². The minimum Gasteiger partial charge on any atom is -0.481 e. The number of rotatable bonds is 4. The second kappa shape index (κ2) is 10.2. The summed E-state index contributed by atoms with van der Waals surface area (Å²) in [6, 6.07) is 5.91. The van der Waals surface area contributed by atoms with E-state index < -0.39 is 41.8 Å². The highest BCUT2D eigenvalue weighted by Crippen LogP contribution is 2.43. The molecule has 1 amide bonds. The first-order valence-electron chi connectivity index (χ1n) is 13.4. The Bertz CT molecular complexity index is 1240. The van der Waals surface area contributed by atoms with Gasteiger partial charge in [0.1, 0.15) is 0 Å². The van der Waals surface area contributed by atoms with Gasteiger partial charge in [-0.25, -0.2) is 0 Å². The Balaban J connectivity index is 1.40. The lowest BCUT2D eigenvalue weighted by atomic mass is 9.78. The number of amides is 1. The number of carboxylic acids is 1. The Morgan fingerprint density at radius 2 is 1.51 bits per heavy atom. The fourth-order valence-corrected chi connectivity index (χ4v) is 6.74. The predicted molar refractivity (Wildman–Crippen MR) is 132 cm³/mol. The molecule has 2 heterocycles. The summed E-state index contributed by atoms with van der Waals surface area (Å²) >= 11 is 0. The van der Waals surface area contributed by atoms with E-state index in [9.17, 15) is 41.0 Å². The maximum absolute atomic E-state index is 14.2. The molecule has 3 aliphatic rings. The van der Waals surface area contributed by atoms with Crippen molar-refractivity contribution in [3.05, 3.63) is 41.5 Å². The van der Waals surface area contributed by atoms with E-state index in [4.69, 9.17) is 0 Å². The zero-order valence-corrected chi connectivity index (χ0v) is 21.1. The summed E-state index contributed by atoms with van der Waals surface area (Å²) in [7, 11) is 0. The molecule has 2 N–H and O–H groups in total. The van der Waals surface area contributed by atoms with Gasteiger partial charge in [0, 0.05) is 29.4 Å². The highest BCUT2D eigenvalue weighted by Gasteiger charge is 2.44. The molecule has 0 aromatic heterocycles. The van der Waals surface area contributed by atoms with E-state index >= 15 is 0 Å². The van der Waals surface area contributed by atoms with Crippen LogP contribution in [0.15, 0.2) is 30.3 Å². The Kier molecular flexibility index (Phi) is 7.22. The Labute approximate surface area is 221 Å². The van der Waals surface area contributed by atoms with Crippen molar-refractivity contribution in [2.75, 3.05) is 5.32 Å². The van der Waals surface area contributed by atoms with Crippen LogP contribution in [0.5, 0.6) is 0 Å². The largest absolute Gasteiger partial charge is 0.481 e. The lowest BCUT2D eigenvalue weighted by Crippen LogP contribution is -2.55. The number of aliphatic carboxylic acids is 1. The summed E-state index contributed by atoms with van der Waals surface area (Å²) in [4.78, 5) is 26.8. The normalized spacial score (nSPS) is 27.8. The third-order valence-electron chi connectivity index (χ3n) is 8.66. The van der Waals surface area contributed by atoms with Gasteiger partial charge in [0.2, 0.25) is 0 Å². The molecule has 2 aromatic carbocycles. The van der Waals surface area contributed by atoms with Crippen LogP contribution in [0.4, 0.5) is 32.0 Å². The van der Waals surface area contributed by atoms with E-state index in [1.54, 1.807) is 4.90 Å². The summed E-state index contributed by atoms with van der Waals surface area (Å²) in [5.41, 5.74) is -0.849. The Morgan fingerprint density at radius 3 is 2.08 bits per heavy atom. The molecule has 5 rings (SSSR count). The van der Waals surface area contributed by atoms with Gasteiger partial charge in [0.15, 0.2) is 0 Å². The molecular weight excluding hydrogens is 526 g/mol. The summed E-state index contributed by atoms with van der Waals surface area (Å²) in [5.74, 6) is -3.13. The third-order valence-corrected chi connectivity index (χ3v) is 8.66. The minimum atomic E-state index is -4.73. The number of hydrogen-bond donors (Lipinski definition) is 2. The van der Waals surface area contributed by atoms with Crippen molar-refractivity contribution in [1.82, 2.24) is 4.90 Å². The van der Waals surface area contributed by atoms with E-state index in [1.165, 1.54) is 30.3 Å². The second-order valence-corrected chi connectivity index (χ2v) is 11.1. The van der Waals surface area contributed by atoms with Gasteiger partial charge in [-0.15, -0.1) is 0 Å². The van der Waals surface area contributed by atoms with Crippen LogP contribution < -0.4 is 5.32 Å². The lowest BCUT2D eigenvalue weighted by molar-refractivity contribution is -0.182. The van der Waals surface area contributed by atoms with E-state index in [0.29, 0.717) is 25.7 Å². The van der Waals surface area contributed by atoms with Gasteiger partial charge in [-0.1, -0.05) is 12.1 Å². The molecule has 5 nitrogen and oxygen atoms in total. The van der Waals surface area contributed by atoms with Gasteiger partial charge in [0.05, 0.1) is 17.4 Å². The van der Waals surface area contributed by atoms with Crippen molar-refractivity contribution < 1.29 is 41.0 Å². The molecule has 2 aromatic rings. The Morgan fingerprint density at radius 1 is 0.872 bits per heavy atom. The number of anilines is 1. The molecule has 1 saturated carbocycles. The fourth-order valence-electron chi connectivity index (χ4n) is 6.74. The SMILES string of the molecule is O=C(O)C1CC2CCCC(C1)N2C(=O)c1ccc2c(C(F)(F)F)c(N[C@H]3CC[C@@H](C(F)(F)F)CC3)ccc2c1. The number of fused-ring (bicyclic) bond motifs is 3. The summed E-state index contributed by atoms with van der Waals surface area (Å²) < 4.78 is 81.7. The van der Waals surface area contributed by atoms with E-state index in [-0.39, 0.29) is 65.7 Å². The monoisotopic (exact) mass is 556 g/mol.